The third kappa shape index (κ3) is 4.15. The zero-order valence-corrected chi connectivity index (χ0v) is 14.2. The van der Waals surface area contributed by atoms with Gasteiger partial charge in [-0.2, -0.15) is 0 Å². The maximum Gasteiger partial charge on any atom is 0.271 e. The second-order valence-corrected chi connectivity index (χ2v) is 6.14. The number of H-pyrrole nitrogens is 1. The third-order valence-electron chi connectivity index (χ3n) is 4.19. The molecule has 0 saturated carbocycles. The molecule has 1 aliphatic rings. The van der Waals surface area contributed by atoms with Gasteiger partial charge in [-0.1, -0.05) is 19.4 Å². The van der Waals surface area contributed by atoms with Crippen LogP contribution < -0.4 is 10.9 Å². The molecule has 0 spiro atoms. The second kappa shape index (κ2) is 7.79. The van der Waals surface area contributed by atoms with Crippen molar-refractivity contribution in [1.82, 2.24) is 14.9 Å². The number of unbranched alkanes of at least 4 members (excludes halogenated alkanes) is 1. The highest BCUT2D eigenvalue weighted by molar-refractivity contribution is 5.88. The molecular weight excluding hydrogens is 316 g/mol. The van der Waals surface area contributed by atoms with Crippen molar-refractivity contribution in [3.05, 3.63) is 59.3 Å². The summed E-state index contributed by atoms with van der Waals surface area (Å²) in [6, 6.07) is 5.71. The van der Waals surface area contributed by atoms with Crippen LogP contribution in [0.2, 0.25) is 0 Å². The highest BCUT2D eigenvalue weighted by atomic mass is 16.2. The van der Waals surface area contributed by atoms with E-state index in [2.05, 4.69) is 22.2 Å². The van der Waals surface area contributed by atoms with Crippen LogP contribution in [0.15, 0.2) is 53.7 Å². The summed E-state index contributed by atoms with van der Waals surface area (Å²) in [5, 5.41) is 3.23. The predicted molar refractivity (Wildman–Crippen MR) is 98.3 cm³/mol. The molecule has 1 amide bonds. The molecule has 1 aliphatic heterocycles. The van der Waals surface area contributed by atoms with Gasteiger partial charge in [-0.25, -0.2) is 0 Å². The van der Waals surface area contributed by atoms with Gasteiger partial charge in [0, 0.05) is 37.2 Å². The Morgan fingerprint density at radius 3 is 2.84 bits per heavy atom. The Balaban J connectivity index is 1.61. The molecule has 0 aromatic carbocycles. The summed E-state index contributed by atoms with van der Waals surface area (Å²) in [5.74, 6) is 0.0333. The molecule has 2 aromatic rings. The normalized spacial score (nSPS) is 14.5. The molecule has 0 radical (unpaired) electrons. The molecule has 2 N–H and O–H groups in total. The van der Waals surface area contributed by atoms with Crippen molar-refractivity contribution in [2.24, 2.45) is 0 Å². The Hall–Kier alpha value is -2.89. The van der Waals surface area contributed by atoms with Gasteiger partial charge in [0.1, 0.15) is 5.69 Å². The van der Waals surface area contributed by atoms with Gasteiger partial charge in [0.15, 0.2) is 0 Å². The maximum atomic E-state index is 12.0. The van der Waals surface area contributed by atoms with Crippen LogP contribution in [0.1, 0.15) is 19.8 Å². The minimum Gasteiger partial charge on any atom is -0.374 e. The number of rotatable bonds is 6. The lowest BCUT2D eigenvalue weighted by molar-refractivity contribution is -0.129. The van der Waals surface area contributed by atoms with E-state index in [0.29, 0.717) is 18.8 Å². The average molecular weight is 338 g/mol. The van der Waals surface area contributed by atoms with Crippen LogP contribution in [0.5, 0.6) is 0 Å². The van der Waals surface area contributed by atoms with Crippen molar-refractivity contribution in [2.45, 2.75) is 25.8 Å². The number of aromatic nitrogens is 2. The molecule has 0 atom stereocenters. The third-order valence-corrected chi connectivity index (χ3v) is 4.19. The number of allylic oxidation sites excluding steroid dienone is 1. The molecule has 1 fully saturated rings. The number of carbonyl (C=O) groups is 1. The standard InChI is InChI=1S/C19H22N4O2/c1-2-3-4-5-18(24)23-12-16(13-23)22-17-10-15(11-21-19(17)25)14-6-8-20-9-7-14/h4-11,16,22H,2-3,12-13H2,1H3,(H,21,25)/b5-4+. The molecule has 6 heteroatoms. The first kappa shape index (κ1) is 17.0. The van der Waals surface area contributed by atoms with Crippen LogP contribution in [0.4, 0.5) is 5.69 Å². The molecule has 2 aromatic heterocycles. The number of hydrogen-bond donors (Lipinski definition) is 2. The monoisotopic (exact) mass is 338 g/mol. The first-order chi connectivity index (χ1) is 12.2. The molecule has 130 valence electrons. The lowest BCUT2D eigenvalue weighted by atomic mass is 10.1. The fourth-order valence-corrected chi connectivity index (χ4v) is 2.73. The van der Waals surface area contributed by atoms with Gasteiger partial charge in [0.05, 0.1) is 6.04 Å². The van der Waals surface area contributed by atoms with Gasteiger partial charge in [0.2, 0.25) is 5.91 Å². The van der Waals surface area contributed by atoms with Crippen LogP contribution in [0.25, 0.3) is 11.1 Å². The largest absolute Gasteiger partial charge is 0.374 e. The molecule has 0 bridgehead atoms. The Bertz CT molecular complexity index is 808. The molecule has 3 heterocycles. The van der Waals surface area contributed by atoms with Crippen LogP contribution in [0, 0.1) is 0 Å². The number of amides is 1. The van der Waals surface area contributed by atoms with Gasteiger partial charge in [-0.15, -0.1) is 0 Å². The Kier molecular flexibility index (Phi) is 5.28. The van der Waals surface area contributed by atoms with Crippen molar-refractivity contribution in [3.63, 3.8) is 0 Å². The van der Waals surface area contributed by atoms with Gasteiger partial charge in [0.25, 0.3) is 5.56 Å². The van der Waals surface area contributed by atoms with E-state index in [1.165, 1.54) is 0 Å². The lowest BCUT2D eigenvalue weighted by Gasteiger charge is -2.39. The summed E-state index contributed by atoms with van der Waals surface area (Å²) in [6.45, 7) is 3.29. The van der Waals surface area contributed by atoms with E-state index in [4.69, 9.17) is 0 Å². The second-order valence-electron chi connectivity index (χ2n) is 6.14. The topological polar surface area (TPSA) is 78.1 Å². The van der Waals surface area contributed by atoms with E-state index in [0.717, 1.165) is 24.0 Å². The number of carbonyl (C=O) groups excluding carboxylic acids is 1. The predicted octanol–water partition coefficient (Wildman–Crippen LogP) is 2.42. The lowest BCUT2D eigenvalue weighted by Crippen LogP contribution is -2.57. The minimum atomic E-state index is -0.162. The Morgan fingerprint density at radius 2 is 2.12 bits per heavy atom. The van der Waals surface area contributed by atoms with Crippen LogP contribution >= 0.6 is 0 Å². The summed E-state index contributed by atoms with van der Waals surface area (Å²) < 4.78 is 0. The average Bonchev–Trinajstić information content (AvgIpc) is 2.60. The summed E-state index contributed by atoms with van der Waals surface area (Å²) in [5.41, 5.74) is 2.26. The van der Waals surface area contributed by atoms with Gasteiger partial charge < -0.3 is 15.2 Å². The zero-order valence-electron chi connectivity index (χ0n) is 14.2. The van der Waals surface area contributed by atoms with Gasteiger partial charge in [-0.3, -0.25) is 14.6 Å². The Morgan fingerprint density at radius 1 is 1.36 bits per heavy atom. The SMILES string of the molecule is CCC/C=C/C(=O)N1CC(Nc2cc(-c3ccncc3)c[nH]c2=O)C1. The molecule has 6 nitrogen and oxygen atoms in total. The summed E-state index contributed by atoms with van der Waals surface area (Å²) in [7, 11) is 0. The van der Waals surface area contributed by atoms with Crippen molar-refractivity contribution in [1.29, 1.82) is 0 Å². The molecule has 25 heavy (non-hydrogen) atoms. The van der Waals surface area contributed by atoms with Gasteiger partial charge in [-0.05, 0) is 36.3 Å². The van der Waals surface area contributed by atoms with E-state index < -0.39 is 0 Å². The number of anilines is 1. The fraction of sp³-hybridized carbons (Fsp3) is 0.316. The van der Waals surface area contributed by atoms with Crippen molar-refractivity contribution < 1.29 is 4.79 Å². The van der Waals surface area contributed by atoms with Crippen LogP contribution in [-0.4, -0.2) is 39.9 Å². The van der Waals surface area contributed by atoms with Gasteiger partial charge >= 0.3 is 0 Å². The first-order valence-corrected chi connectivity index (χ1v) is 8.52. The number of hydrogen-bond acceptors (Lipinski definition) is 4. The summed E-state index contributed by atoms with van der Waals surface area (Å²) in [4.78, 5) is 32.5. The highest BCUT2D eigenvalue weighted by Gasteiger charge is 2.29. The van der Waals surface area contributed by atoms with E-state index >= 15 is 0 Å². The summed E-state index contributed by atoms with van der Waals surface area (Å²) >= 11 is 0. The molecular formula is C19H22N4O2. The van der Waals surface area contributed by atoms with Crippen molar-refractivity contribution in [3.8, 4) is 11.1 Å². The van der Waals surface area contributed by atoms with E-state index in [-0.39, 0.29) is 17.5 Å². The molecule has 3 rings (SSSR count). The van der Waals surface area contributed by atoms with Crippen LogP contribution in [0.3, 0.4) is 0 Å². The van der Waals surface area contributed by atoms with Crippen molar-refractivity contribution in [2.75, 3.05) is 18.4 Å². The van der Waals surface area contributed by atoms with E-state index in [1.807, 2.05) is 24.3 Å². The molecule has 0 aliphatic carbocycles. The smallest absolute Gasteiger partial charge is 0.271 e. The van der Waals surface area contributed by atoms with Crippen LogP contribution in [-0.2, 0) is 4.79 Å². The maximum absolute atomic E-state index is 12.0. The fourth-order valence-electron chi connectivity index (χ4n) is 2.73. The van der Waals surface area contributed by atoms with E-state index in [1.54, 1.807) is 29.6 Å². The van der Waals surface area contributed by atoms with E-state index in [9.17, 15) is 9.59 Å². The highest BCUT2D eigenvalue weighted by Crippen LogP contribution is 2.20. The number of likely N-dealkylation sites (tertiary alicyclic amines) is 1. The van der Waals surface area contributed by atoms with Crippen molar-refractivity contribution >= 4 is 11.6 Å². The number of aromatic amines is 1. The number of nitrogens with zero attached hydrogens (tertiary/aromatic N) is 2. The summed E-state index contributed by atoms with van der Waals surface area (Å²) in [6.07, 6.45) is 10.6. The molecule has 0 unspecified atom stereocenters. The first-order valence-electron chi connectivity index (χ1n) is 8.52. The number of nitrogens with one attached hydrogen (secondary N) is 2. The minimum absolute atomic E-state index is 0.0333. The quantitative estimate of drug-likeness (QED) is 0.793. The molecule has 1 saturated heterocycles. The zero-order chi connectivity index (χ0) is 17.6. The number of pyridine rings is 2. The Labute approximate surface area is 146 Å².